The van der Waals surface area contributed by atoms with E-state index in [4.69, 9.17) is 0 Å². The third-order valence-electron chi connectivity index (χ3n) is 3.80. The Balaban J connectivity index is 2.16. The van der Waals surface area contributed by atoms with Crippen molar-refractivity contribution < 1.29 is 0 Å². The molecule has 0 amide bonds. The number of rotatable bonds is 2. The Hall–Kier alpha value is 0.1000. The van der Waals surface area contributed by atoms with Crippen LogP contribution in [0.25, 0.3) is 0 Å². The van der Waals surface area contributed by atoms with Gasteiger partial charge in [-0.05, 0) is 47.3 Å². The summed E-state index contributed by atoms with van der Waals surface area (Å²) in [5.74, 6) is 0. The fourth-order valence-corrected chi connectivity index (χ4v) is 4.34. The highest BCUT2D eigenvalue weighted by atomic mass is 79.9. The van der Waals surface area contributed by atoms with Crippen molar-refractivity contribution in [3.05, 3.63) is 20.8 Å². The zero-order valence-corrected chi connectivity index (χ0v) is 15.0. The molecule has 0 bridgehead atoms. The number of piperazine rings is 1. The molecule has 2 nitrogen and oxygen atoms in total. The topological polar surface area (TPSA) is 15.3 Å². The SMILES string of the molecule is CC1(C)CN(Cc2ccc(Br)s2)C(C(C)(C)C)CN1. The van der Waals surface area contributed by atoms with Gasteiger partial charge in [-0.1, -0.05) is 20.8 Å². The molecule has 1 fully saturated rings. The van der Waals surface area contributed by atoms with Gasteiger partial charge in [-0.25, -0.2) is 0 Å². The fourth-order valence-electron chi connectivity index (χ4n) is 2.83. The summed E-state index contributed by atoms with van der Waals surface area (Å²) in [6.45, 7) is 14.8. The molecule has 0 saturated carbocycles. The fraction of sp³-hybridized carbons (Fsp3) is 0.733. The average molecular weight is 345 g/mol. The van der Waals surface area contributed by atoms with Crippen LogP contribution in [0.4, 0.5) is 0 Å². The van der Waals surface area contributed by atoms with Crippen LogP contribution in [-0.4, -0.2) is 29.6 Å². The van der Waals surface area contributed by atoms with E-state index in [2.05, 4.69) is 72.9 Å². The number of nitrogens with zero attached hydrogens (tertiary/aromatic N) is 1. The van der Waals surface area contributed by atoms with Gasteiger partial charge in [0.25, 0.3) is 0 Å². The van der Waals surface area contributed by atoms with Crippen molar-refractivity contribution in [2.45, 2.75) is 52.7 Å². The van der Waals surface area contributed by atoms with Crippen molar-refractivity contribution in [2.24, 2.45) is 5.41 Å². The van der Waals surface area contributed by atoms with Crippen LogP contribution in [0.3, 0.4) is 0 Å². The Morgan fingerprint density at radius 2 is 2.11 bits per heavy atom. The smallest absolute Gasteiger partial charge is 0.0701 e. The highest BCUT2D eigenvalue weighted by Gasteiger charge is 2.38. The van der Waals surface area contributed by atoms with Gasteiger partial charge in [0.2, 0.25) is 0 Å². The van der Waals surface area contributed by atoms with Crippen LogP contribution >= 0.6 is 27.3 Å². The molecule has 1 aromatic rings. The first-order valence-corrected chi connectivity index (χ1v) is 8.52. The molecule has 108 valence electrons. The van der Waals surface area contributed by atoms with E-state index in [0.29, 0.717) is 11.5 Å². The van der Waals surface area contributed by atoms with Crippen molar-refractivity contribution in [3.63, 3.8) is 0 Å². The standard InChI is InChI=1S/C15H25BrN2S/c1-14(2,3)12-8-17-15(4,5)10-18(12)9-11-6-7-13(16)19-11/h6-7,12,17H,8-10H2,1-5H3. The molecule has 4 heteroatoms. The van der Waals surface area contributed by atoms with E-state index in [0.717, 1.165) is 19.6 Å². The minimum Gasteiger partial charge on any atom is -0.309 e. The van der Waals surface area contributed by atoms with Gasteiger partial charge in [0.1, 0.15) is 0 Å². The maximum Gasteiger partial charge on any atom is 0.0701 e. The molecule has 0 radical (unpaired) electrons. The highest BCUT2D eigenvalue weighted by Crippen LogP contribution is 2.31. The van der Waals surface area contributed by atoms with Gasteiger partial charge in [0.05, 0.1) is 3.79 Å². The monoisotopic (exact) mass is 344 g/mol. The molecule has 0 aromatic carbocycles. The Morgan fingerprint density at radius 3 is 2.63 bits per heavy atom. The largest absolute Gasteiger partial charge is 0.309 e. The van der Waals surface area contributed by atoms with Gasteiger partial charge in [-0.15, -0.1) is 11.3 Å². The minimum atomic E-state index is 0.205. The highest BCUT2D eigenvalue weighted by molar-refractivity contribution is 9.11. The number of hydrogen-bond acceptors (Lipinski definition) is 3. The molecule has 1 atom stereocenters. The van der Waals surface area contributed by atoms with E-state index in [1.54, 1.807) is 0 Å². The first-order chi connectivity index (χ1) is 8.67. The molecule has 0 spiro atoms. The maximum atomic E-state index is 3.69. The minimum absolute atomic E-state index is 0.205. The van der Waals surface area contributed by atoms with E-state index < -0.39 is 0 Å². The van der Waals surface area contributed by atoms with E-state index in [1.807, 2.05) is 11.3 Å². The second-order valence-electron chi connectivity index (χ2n) is 7.26. The molecule has 1 aromatic heterocycles. The van der Waals surface area contributed by atoms with E-state index in [-0.39, 0.29) is 5.54 Å². The summed E-state index contributed by atoms with van der Waals surface area (Å²) in [5, 5.41) is 3.69. The number of halogens is 1. The van der Waals surface area contributed by atoms with Crippen molar-refractivity contribution >= 4 is 27.3 Å². The van der Waals surface area contributed by atoms with Crippen molar-refractivity contribution in [2.75, 3.05) is 13.1 Å². The summed E-state index contributed by atoms with van der Waals surface area (Å²) >= 11 is 5.41. The zero-order chi connectivity index (χ0) is 14.3. The quantitative estimate of drug-likeness (QED) is 0.868. The van der Waals surface area contributed by atoms with Crippen LogP contribution in [0, 0.1) is 5.41 Å². The molecule has 1 aliphatic rings. The van der Waals surface area contributed by atoms with Gasteiger partial charge >= 0.3 is 0 Å². The van der Waals surface area contributed by atoms with Crippen molar-refractivity contribution in [1.29, 1.82) is 0 Å². The Labute approximate surface area is 129 Å². The first kappa shape index (κ1) is 15.5. The van der Waals surface area contributed by atoms with Crippen LogP contribution in [0.5, 0.6) is 0 Å². The normalized spacial score (nSPS) is 24.6. The summed E-state index contributed by atoms with van der Waals surface area (Å²) in [6.07, 6.45) is 0. The van der Waals surface area contributed by atoms with Gasteiger partial charge in [-0.2, -0.15) is 0 Å². The molecule has 1 N–H and O–H groups in total. The van der Waals surface area contributed by atoms with Crippen LogP contribution in [0.15, 0.2) is 15.9 Å². The van der Waals surface area contributed by atoms with Gasteiger partial charge in [0.15, 0.2) is 0 Å². The molecular formula is C15H25BrN2S. The zero-order valence-electron chi connectivity index (χ0n) is 12.6. The predicted molar refractivity (Wildman–Crippen MR) is 87.8 cm³/mol. The molecular weight excluding hydrogens is 320 g/mol. The number of nitrogens with one attached hydrogen (secondary N) is 1. The van der Waals surface area contributed by atoms with Crippen LogP contribution in [0.2, 0.25) is 0 Å². The van der Waals surface area contributed by atoms with Gasteiger partial charge in [-0.3, -0.25) is 4.90 Å². The van der Waals surface area contributed by atoms with Crippen LogP contribution in [-0.2, 0) is 6.54 Å². The first-order valence-electron chi connectivity index (χ1n) is 6.91. The van der Waals surface area contributed by atoms with E-state index in [9.17, 15) is 0 Å². The number of hydrogen-bond donors (Lipinski definition) is 1. The van der Waals surface area contributed by atoms with E-state index in [1.165, 1.54) is 8.66 Å². The third kappa shape index (κ3) is 4.03. The average Bonchev–Trinajstić information content (AvgIpc) is 2.60. The summed E-state index contributed by atoms with van der Waals surface area (Å²) in [7, 11) is 0. The second-order valence-corrected chi connectivity index (χ2v) is 9.80. The lowest BCUT2D eigenvalue weighted by Crippen LogP contribution is -2.64. The molecule has 1 aliphatic heterocycles. The molecule has 1 saturated heterocycles. The lowest BCUT2D eigenvalue weighted by atomic mass is 9.82. The summed E-state index contributed by atoms with van der Waals surface area (Å²) < 4.78 is 1.23. The Morgan fingerprint density at radius 1 is 1.42 bits per heavy atom. The summed E-state index contributed by atoms with van der Waals surface area (Å²) in [6, 6.07) is 4.98. The van der Waals surface area contributed by atoms with Gasteiger partial charge in [0, 0.05) is 36.1 Å². The maximum absolute atomic E-state index is 3.69. The predicted octanol–water partition coefficient (Wildman–Crippen LogP) is 4.11. The van der Waals surface area contributed by atoms with Crippen molar-refractivity contribution in [3.8, 4) is 0 Å². The third-order valence-corrected chi connectivity index (χ3v) is 5.41. The summed E-state index contributed by atoms with van der Waals surface area (Å²) in [5.41, 5.74) is 0.508. The lowest BCUT2D eigenvalue weighted by molar-refractivity contribution is 0.0279. The second kappa shape index (κ2) is 5.47. The molecule has 0 aliphatic carbocycles. The van der Waals surface area contributed by atoms with Crippen LogP contribution < -0.4 is 5.32 Å². The van der Waals surface area contributed by atoms with Gasteiger partial charge < -0.3 is 5.32 Å². The Bertz CT molecular complexity index is 434. The number of thiophene rings is 1. The van der Waals surface area contributed by atoms with Crippen molar-refractivity contribution in [1.82, 2.24) is 10.2 Å². The summed E-state index contributed by atoms with van der Waals surface area (Å²) in [4.78, 5) is 4.09. The molecule has 2 heterocycles. The molecule has 1 unspecified atom stereocenters. The lowest BCUT2D eigenvalue weighted by Gasteiger charge is -2.49. The van der Waals surface area contributed by atoms with E-state index >= 15 is 0 Å². The van der Waals surface area contributed by atoms with Crippen LogP contribution in [0.1, 0.15) is 39.5 Å². The molecule has 2 rings (SSSR count). The Kier molecular flexibility index (Phi) is 4.46. The molecule has 19 heavy (non-hydrogen) atoms.